The number of hydrogen-bond donors (Lipinski definition) is 0. The zero-order valence-corrected chi connectivity index (χ0v) is 10.8. The van der Waals surface area contributed by atoms with Crippen LogP contribution in [0.4, 0.5) is 5.69 Å². The Morgan fingerprint density at radius 1 is 1.18 bits per heavy atom. The van der Waals surface area contributed by atoms with Crippen molar-refractivity contribution in [3.05, 3.63) is 29.8 Å². The lowest BCUT2D eigenvalue weighted by Crippen LogP contribution is -2.39. The molecule has 1 heterocycles. The van der Waals surface area contributed by atoms with Crippen LogP contribution in [0.1, 0.15) is 37.2 Å². The van der Waals surface area contributed by atoms with Gasteiger partial charge in [-0.2, -0.15) is 0 Å². The maximum atomic E-state index is 12.0. The van der Waals surface area contributed by atoms with Crippen LogP contribution in [-0.4, -0.2) is 20.7 Å². The number of benzene rings is 1. The average molecular weight is 251 g/mol. The van der Waals surface area contributed by atoms with E-state index in [0.717, 1.165) is 24.9 Å². The van der Waals surface area contributed by atoms with Crippen molar-refractivity contribution < 1.29 is 8.42 Å². The molecular formula is C13H17NO2S. The molecule has 4 heteroatoms. The molecule has 0 radical (unpaired) electrons. The average Bonchev–Trinajstić information content (AvgIpc) is 2.63. The molecule has 1 aromatic carbocycles. The molecule has 0 aromatic heterocycles. The maximum absolute atomic E-state index is 12.0. The third kappa shape index (κ3) is 1.66. The molecule has 0 N–H and O–H groups in total. The fraction of sp³-hybridized carbons (Fsp3) is 0.538. The molecule has 3 rings (SSSR count). The van der Waals surface area contributed by atoms with Crippen LogP contribution in [0.2, 0.25) is 0 Å². The molecule has 0 bridgehead atoms. The molecule has 0 unspecified atom stereocenters. The summed E-state index contributed by atoms with van der Waals surface area (Å²) in [5.41, 5.74) is 2.13. The van der Waals surface area contributed by atoms with E-state index in [1.807, 2.05) is 18.2 Å². The second-order valence-corrected chi connectivity index (χ2v) is 6.94. The first-order chi connectivity index (χ1) is 8.09. The van der Waals surface area contributed by atoms with Crippen LogP contribution in [0.5, 0.6) is 0 Å². The second kappa shape index (κ2) is 3.73. The number of nitrogens with zero attached hydrogens (tertiary/aromatic N) is 1. The van der Waals surface area contributed by atoms with Gasteiger partial charge < -0.3 is 0 Å². The molecule has 1 aliphatic carbocycles. The molecule has 1 aromatic rings. The number of fused-ring (bicyclic) bond motifs is 3. The Morgan fingerprint density at radius 2 is 1.88 bits per heavy atom. The minimum Gasteiger partial charge on any atom is -0.267 e. The van der Waals surface area contributed by atoms with Crippen LogP contribution in [0.3, 0.4) is 0 Å². The van der Waals surface area contributed by atoms with Crippen molar-refractivity contribution in [2.75, 3.05) is 10.6 Å². The van der Waals surface area contributed by atoms with Gasteiger partial charge in [-0.15, -0.1) is 0 Å². The highest BCUT2D eigenvalue weighted by Gasteiger charge is 2.43. The predicted molar refractivity (Wildman–Crippen MR) is 68.8 cm³/mol. The molecule has 2 aliphatic rings. The standard InChI is InChI=1S/C13H17NO2S/c1-17(15,16)14-12-8-4-2-6-10(12)11-7-3-5-9-13(11)14/h2,4,6,8,11,13H,3,5,7,9H2,1H3/t11-,13-/m0/s1. The number of hydrogen-bond acceptors (Lipinski definition) is 2. The van der Waals surface area contributed by atoms with Crippen LogP contribution in [0.15, 0.2) is 24.3 Å². The zero-order valence-electron chi connectivity index (χ0n) is 9.96. The highest BCUT2D eigenvalue weighted by atomic mass is 32.2. The van der Waals surface area contributed by atoms with Gasteiger partial charge in [0.15, 0.2) is 0 Å². The van der Waals surface area contributed by atoms with Gasteiger partial charge in [-0.25, -0.2) is 8.42 Å². The largest absolute Gasteiger partial charge is 0.267 e. The van der Waals surface area contributed by atoms with Crippen LogP contribution in [0, 0.1) is 0 Å². The van der Waals surface area contributed by atoms with Gasteiger partial charge in [-0.05, 0) is 24.5 Å². The van der Waals surface area contributed by atoms with Gasteiger partial charge in [0.2, 0.25) is 10.0 Å². The van der Waals surface area contributed by atoms with E-state index < -0.39 is 10.0 Å². The van der Waals surface area contributed by atoms with E-state index in [2.05, 4.69) is 6.07 Å². The van der Waals surface area contributed by atoms with Crippen molar-refractivity contribution in [3.63, 3.8) is 0 Å². The normalized spacial score (nSPS) is 27.7. The van der Waals surface area contributed by atoms with E-state index in [-0.39, 0.29) is 6.04 Å². The van der Waals surface area contributed by atoms with Crippen molar-refractivity contribution in [2.24, 2.45) is 0 Å². The van der Waals surface area contributed by atoms with Crippen molar-refractivity contribution in [2.45, 2.75) is 37.6 Å². The van der Waals surface area contributed by atoms with Crippen LogP contribution < -0.4 is 4.31 Å². The number of para-hydroxylation sites is 1. The SMILES string of the molecule is CS(=O)(=O)N1c2ccccc2[C@@H]2CCCC[C@@H]21. The Bertz CT molecular complexity index is 538. The Hall–Kier alpha value is -1.03. The van der Waals surface area contributed by atoms with Gasteiger partial charge in [0.05, 0.1) is 18.0 Å². The summed E-state index contributed by atoms with van der Waals surface area (Å²) in [5, 5.41) is 0. The molecule has 17 heavy (non-hydrogen) atoms. The van der Waals surface area contributed by atoms with Crippen LogP contribution >= 0.6 is 0 Å². The fourth-order valence-corrected chi connectivity index (χ4v) is 4.63. The van der Waals surface area contributed by atoms with Gasteiger partial charge >= 0.3 is 0 Å². The van der Waals surface area contributed by atoms with E-state index in [9.17, 15) is 8.42 Å². The second-order valence-electron chi connectivity index (χ2n) is 5.08. The van der Waals surface area contributed by atoms with E-state index in [1.165, 1.54) is 18.2 Å². The van der Waals surface area contributed by atoms with Crippen molar-refractivity contribution in [3.8, 4) is 0 Å². The molecule has 3 nitrogen and oxygen atoms in total. The Balaban J connectivity index is 2.15. The third-order valence-electron chi connectivity index (χ3n) is 3.96. The number of anilines is 1. The first-order valence-electron chi connectivity index (χ1n) is 6.17. The summed E-state index contributed by atoms with van der Waals surface area (Å²) in [6, 6.07) is 8.12. The highest BCUT2D eigenvalue weighted by molar-refractivity contribution is 7.92. The molecule has 92 valence electrons. The van der Waals surface area contributed by atoms with E-state index >= 15 is 0 Å². The summed E-state index contributed by atoms with van der Waals surface area (Å²) in [7, 11) is -3.15. The highest BCUT2D eigenvalue weighted by Crippen LogP contribution is 2.48. The van der Waals surface area contributed by atoms with E-state index in [1.54, 1.807) is 4.31 Å². The minimum absolute atomic E-state index is 0.163. The smallest absolute Gasteiger partial charge is 0.232 e. The van der Waals surface area contributed by atoms with E-state index in [0.29, 0.717) is 5.92 Å². The van der Waals surface area contributed by atoms with Crippen molar-refractivity contribution in [1.82, 2.24) is 0 Å². The van der Waals surface area contributed by atoms with Crippen LogP contribution in [-0.2, 0) is 10.0 Å². The van der Waals surface area contributed by atoms with Gasteiger partial charge in [0.25, 0.3) is 0 Å². The molecule has 1 saturated carbocycles. The van der Waals surface area contributed by atoms with Crippen LogP contribution in [0.25, 0.3) is 0 Å². The Kier molecular flexibility index (Phi) is 2.43. The third-order valence-corrected chi connectivity index (χ3v) is 5.14. The van der Waals surface area contributed by atoms with Crippen molar-refractivity contribution >= 4 is 15.7 Å². The minimum atomic E-state index is -3.15. The summed E-state index contributed by atoms with van der Waals surface area (Å²) < 4.78 is 25.6. The molecule has 1 fully saturated rings. The quantitative estimate of drug-likeness (QED) is 0.769. The summed E-state index contributed by atoms with van der Waals surface area (Å²) in [6.45, 7) is 0. The topological polar surface area (TPSA) is 37.4 Å². The maximum Gasteiger partial charge on any atom is 0.232 e. The fourth-order valence-electron chi connectivity index (χ4n) is 3.36. The summed E-state index contributed by atoms with van der Waals surface area (Å²) in [6.07, 6.45) is 5.79. The Labute approximate surface area is 102 Å². The molecule has 0 saturated heterocycles. The lowest BCUT2D eigenvalue weighted by molar-refractivity contribution is 0.405. The summed E-state index contributed by atoms with van der Waals surface area (Å²) >= 11 is 0. The number of sulfonamides is 1. The molecule has 2 atom stereocenters. The summed E-state index contributed by atoms with van der Waals surface area (Å²) in [4.78, 5) is 0. The molecule has 1 aliphatic heterocycles. The van der Waals surface area contributed by atoms with Crippen molar-refractivity contribution in [1.29, 1.82) is 0 Å². The zero-order chi connectivity index (χ0) is 12.0. The van der Waals surface area contributed by atoms with Gasteiger partial charge in [-0.3, -0.25) is 4.31 Å². The first kappa shape index (κ1) is 11.1. The predicted octanol–water partition coefficient (Wildman–Crippen LogP) is 2.49. The molecule has 0 spiro atoms. The van der Waals surface area contributed by atoms with Gasteiger partial charge in [-0.1, -0.05) is 31.0 Å². The van der Waals surface area contributed by atoms with E-state index in [4.69, 9.17) is 0 Å². The lowest BCUT2D eigenvalue weighted by atomic mass is 9.83. The Morgan fingerprint density at radius 3 is 2.65 bits per heavy atom. The monoisotopic (exact) mass is 251 g/mol. The van der Waals surface area contributed by atoms with Gasteiger partial charge in [0, 0.05) is 5.92 Å². The molecule has 0 amide bonds. The number of rotatable bonds is 1. The lowest BCUT2D eigenvalue weighted by Gasteiger charge is -2.31. The summed E-state index contributed by atoms with van der Waals surface area (Å²) in [5.74, 6) is 0.412. The van der Waals surface area contributed by atoms with Gasteiger partial charge in [0.1, 0.15) is 0 Å². The molecular weight excluding hydrogens is 234 g/mol. The first-order valence-corrected chi connectivity index (χ1v) is 8.02.